The molecule has 1 aromatic carbocycles. The number of rotatable bonds is 6. The van der Waals surface area contributed by atoms with E-state index in [9.17, 15) is 17.2 Å². The summed E-state index contributed by atoms with van der Waals surface area (Å²) in [6, 6.07) is 5.76. The molecule has 1 saturated heterocycles. The van der Waals surface area contributed by atoms with Crippen molar-refractivity contribution in [3.8, 4) is 11.4 Å². The van der Waals surface area contributed by atoms with Crippen LogP contribution >= 0.6 is 0 Å². The van der Waals surface area contributed by atoms with E-state index >= 15 is 0 Å². The second-order valence-electron chi connectivity index (χ2n) is 5.98. The molecule has 0 N–H and O–H groups in total. The molecule has 0 saturated carbocycles. The highest BCUT2D eigenvalue weighted by atomic mass is 32.2. The van der Waals surface area contributed by atoms with Gasteiger partial charge in [0.05, 0.1) is 24.2 Å². The number of methoxy groups -OCH3 is 1. The lowest BCUT2D eigenvalue weighted by Crippen LogP contribution is -2.16. The summed E-state index contributed by atoms with van der Waals surface area (Å²) in [5, 5.41) is 4.38. The molecule has 1 unspecified atom stereocenters. The molecule has 1 aliphatic rings. The van der Waals surface area contributed by atoms with Gasteiger partial charge in [-0.3, -0.25) is 0 Å². The number of sulfone groups is 1. The summed E-state index contributed by atoms with van der Waals surface area (Å²) in [5.74, 6) is 0.825. The molecule has 0 radical (unpaired) electrons. The predicted molar refractivity (Wildman–Crippen MR) is 88.3 cm³/mol. The van der Waals surface area contributed by atoms with Crippen molar-refractivity contribution in [1.82, 2.24) is 14.8 Å². The van der Waals surface area contributed by atoms with E-state index in [2.05, 4.69) is 10.1 Å². The molecule has 3 rings (SSSR count). The van der Waals surface area contributed by atoms with Crippen molar-refractivity contribution in [2.24, 2.45) is 0 Å². The molecule has 2 heterocycles. The SMILES string of the molecule is COCCc1nc(-c2ccccc2C(F)F)nn1C1CCS(=O)(=O)C1. The Hall–Kier alpha value is -1.87. The van der Waals surface area contributed by atoms with E-state index in [-0.39, 0.29) is 34.5 Å². The van der Waals surface area contributed by atoms with E-state index in [0.29, 0.717) is 25.3 Å². The molecular weight excluding hydrogens is 352 g/mol. The fourth-order valence-electron chi connectivity index (χ4n) is 2.99. The van der Waals surface area contributed by atoms with Gasteiger partial charge in [-0.15, -0.1) is 0 Å². The van der Waals surface area contributed by atoms with Gasteiger partial charge in [0, 0.05) is 24.7 Å². The maximum absolute atomic E-state index is 13.3. The lowest BCUT2D eigenvalue weighted by atomic mass is 10.1. The number of hydrogen-bond acceptors (Lipinski definition) is 5. The van der Waals surface area contributed by atoms with E-state index in [1.165, 1.54) is 12.1 Å². The van der Waals surface area contributed by atoms with Gasteiger partial charge < -0.3 is 4.74 Å². The Morgan fingerprint density at radius 2 is 2.12 bits per heavy atom. The van der Waals surface area contributed by atoms with Crippen LogP contribution in [0.2, 0.25) is 0 Å². The van der Waals surface area contributed by atoms with Crippen LogP contribution in [0.1, 0.15) is 30.3 Å². The van der Waals surface area contributed by atoms with Crippen molar-refractivity contribution in [2.45, 2.75) is 25.3 Å². The highest BCUT2D eigenvalue weighted by Gasteiger charge is 2.32. The van der Waals surface area contributed by atoms with E-state index in [0.717, 1.165) is 0 Å². The van der Waals surface area contributed by atoms with Crippen LogP contribution in [0, 0.1) is 0 Å². The van der Waals surface area contributed by atoms with Crippen LogP contribution in [-0.2, 0) is 21.0 Å². The quantitative estimate of drug-likeness (QED) is 0.780. The summed E-state index contributed by atoms with van der Waals surface area (Å²) in [7, 11) is -1.55. The van der Waals surface area contributed by atoms with Crippen molar-refractivity contribution < 1.29 is 21.9 Å². The number of benzene rings is 1. The topological polar surface area (TPSA) is 74.1 Å². The molecule has 0 amide bonds. The lowest BCUT2D eigenvalue weighted by Gasteiger charge is -2.11. The summed E-state index contributed by atoms with van der Waals surface area (Å²) in [4.78, 5) is 4.40. The van der Waals surface area contributed by atoms with Crippen molar-refractivity contribution >= 4 is 9.84 Å². The fraction of sp³-hybridized carbons (Fsp3) is 0.500. The van der Waals surface area contributed by atoms with Gasteiger partial charge in [0.15, 0.2) is 15.7 Å². The lowest BCUT2D eigenvalue weighted by molar-refractivity contribution is 0.152. The van der Waals surface area contributed by atoms with Gasteiger partial charge in [0.1, 0.15) is 5.82 Å². The Morgan fingerprint density at radius 3 is 2.76 bits per heavy atom. The van der Waals surface area contributed by atoms with Gasteiger partial charge in [0.2, 0.25) is 0 Å². The molecule has 1 atom stereocenters. The normalized spacial score (nSPS) is 19.6. The second-order valence-corrected chi connectivity index (χ2v) is 8.21. The highest BCUT2D eigenvalue weighted by Crippen LogP contribution is 2.31. The molecule has 2 aromatic rings. The average Bonchev–Trinajstić information content (AvgIpc) is 3.15. The zero-order chi connectivity index (χ0) is 18.0. The Kier molecular flexibility index (Phi) is 5.14. The van der Waals surface area contributed by atoms with Gasteiger partial charge in [-0.05, 0) is 6.42 Å². The zero-order valence-electron chi connectivity index (χ0n) is 13.7. The molecular formula is C16H19F2N3O3S. The van der Waals surface area contributed by atoms with Crippen LogP contribution in [-0.4, -0.2) is 48.4 Å². The first kappa shape index (κ1) is 17.9. The number of hydrogen-bond donors (Lipinski definition) is 0. The van der Waals surface area contributed by atoms with E-state index in [4.69, 9.17) is 4.74 Å². The van der Waals surface area contributed by atoms with Crippen molar-refractivity contribution in [2.75, 3.05) is 25.2 Å². The first-order valence-electron chi connectivity index (χ1n) is 7.93. The Labute approximate surface area is 144 Å². The number of ether oxygens (including phenoxy) is 1. The van der Waals surface area contributed by atoms with Gasteiger partial charge in [-0.1, -0.05) is 24.3 Å². The van der Waals surface area contributed by atoms with Crippen LogP contribution in [0.3, 0.4) is 0 Å². The minimum Gasteiger partial charge on any atom is -0.384 e. The summed E-state index contributed by atoms with van der Waals surface area (Å²) in [6.45, 7) is 0.383. The summed E-state index contributed by atoms with van der Waals surface area (Å²) < 4.78 is 56.7. The minimum atomic E-state index is -3.10. The van der Waals surface area contributed by atoms with Crippen LogP contribution in [0.5, 0.6) is 0 Å². The van der Waals surface area contributed by atoms with Crippen LogP contribution in [0.4, 0.5) is 8.78 Å². The van der Waals surface area contributed by atoms with E-state index < -0.39 is 16.3 Å². The Bertz CT molecular complexity index is 852. The maximum atomic E-state index is 13.3. The maximum Gasteiger partial charge on any atom is 0.264 e. The number of nitrogens with zero attached hydrogens (tertiary/aromatic N) is 3. The Balaban J connectivity index is 2.02. The van der Waals surface area contributed by atoms with Gasteiger partial charge in [-0.25, -0.2) is 26.9 Å². The monoisotopic (exact) mass is 371 g/mol. The molecule has 9 heteroatoms. The van der Waals surface area contributed by atoms with Crippen molar-refractivity contribution in [3.63, 3.8) is 0 Å². The summed E-state index contributed by atoms with van der Waals surface area (Å²) in [5.41, 5.74) is 0.118. The Morgan fingerprint density at radius 1 is 1.36 bits per heavy atom. The zero-order valence-corrected chi connectivity index (χ0v) is 14.5. The fourth-order valence-corrected chi connectivity index (χ4v) is 4.68. The third-order valence-corrected chi connectivity index (χ3v) is 5.97. The van der Waals surface area contributed by atoms with Crippen LogP contribution in [0.15, 0.2) is 24.3 Å². The van der Waals surface area contributed by atoms with Crippen molar-refractivity contribution in [1.29, 1.82) is 0 Å². The molecule has 0 spiro atoms. The standard InChI is InChI=1S/C16H19F2N3O3S/c1-24-8-6-14-19-16(13-5-3-2-4-12(13)15(17)18)20-21(14)11-7-9-25(22,23)10-11/h2-5,11,15H,6-10H2,1H3. The third kappa shape index (κ3) is 3.87. The molecule has 0 aliphatic carbocycles. The highest BCUT2D eigenvalue weighted by molar-refractivity contribution is 7.91. The molecule has 136 valence electrons. The number of aromatic nitrogens is 3. The smallest absolute Gasteiger partial charge is 0.264 e. The van der Waals surface area contributed by atoms with Gasteiger partial charge >= 0.3 is 0 Å². The first-order valence-corrected chi connectivity index (χ1v) is 9.75. The largest absolute Gasteiger partial charge is 0.384 e. The molecule has 0 bridgehead atoms. The molecule has 1 fully saturated rings. The summed E-state index contributed by atoms with van der Waals surface area (Å²) in [6.07, 6.45) is -1.77. The number of halogens is 2. The van der Waals surface area contributed by atoms with Gasteiger partial charge in [0.25, 0.3) is 6.43 Å². The van der Waals surface area contributed by atoms with E-state index in [1.807, 2.05) is 0 Å². The molecule has 25 heavy (non-hydrogen) atoms. The third-order valence-electron chi connectivity index (χ3n) is 4.22. The first-order chi connectivity index (χ1) is 11.9. The predicted octanol–water partition coefficient (Wildman–Crippen LogP) is 2.43. The molecule has 1 aliphatic heterocycles. The van der Waals surface area contributed by atoms with Crippen LogP contribution < -0.4 is 0 Å². The summed E-state index contributed by atoms with van der Waals surface area (Å²) >= 11 is 0. The minimum absolute atomic E-state index is 0.00766. The van der Waals surface area contributed by atoms with Crippen LogP contribution in [0.25, 0.3) is 11.4 Å². The second kappa shape index (κ2) is 7.17. The van der Waals surface area contributed by atoms with E-state index in [1.54, 1.807) is 23.9 Å². The molecule has 1 aromatic heterocycles. The van der Waals surface area contributed by atoms with Crippen molar-refractivity contribution in [3.05, 3.63) is 35.7 Å². The number of alkyl halides is 2. The average molecular weight is 371 g/mol. The molecule has 6 nitrogen and oxygen atoms in total. The van der Waals surface area contributed by atoms with Gasteiger partial charge in [-0.2, -0.15) is 5.10 Å².